The van der Waals surface area contributed by atoms with Crippen molar-refractivity contribution in [3.05, 3.63) is 69.7 Å². The van der Waals surface area contributed by atoms with Crippen LogP contribution in [-0.4, -0.2) is 27.6 Å². The fraction of sp³-hybridized carbons (Fsp3) is 0.200. The molecular formula is C20H19NO3S2. The number of benzene rings is 1. The van der Waals surface area contributed by atoms with E-state index < -0.39 is 5.97 Å². The fourth-order valence-corrected chi connectivity index (χ4v) is 3.89. The molecule has 3 rings (SSSR count). The number of carboxylic acids is 1. The van der Waals surface area contributed by atoms with Crippen LogP contribution in [0.4, 0.5) is 0 Å². The standard InChI is InChI=1S/C20H19NO3S2/c1-14-18(21-20(24-14)15-6-3-2-4-7-15)12-17-10-9-16(26-17)8-5-11-25-13-19(22)23/h2-10H,11-13H2,1H3,(H,22,23). The smallest absolute Gasteiger partial charge is 0.313 e. The first-order valence-corrected chi connectivity index (χ1v) is 10.2. The zero-order valence-electron chi connectivity index (χ0n) is 14.3. The molecule has 0 unspecified atom stereocenters. The Bertz CT molecular complexity index is 897. The predicted octanol–water partition coefficient (Wildman–Crippen LogP) is 5.13. The summed E-state index contributed by atoms with van der Waals surface area (Å²) in [7, 11) is 0. The van der Waals surface area contributed by atoms with Crippen LogP contribution in [0.2, 0.25) is 0 Å². The molecule has 0 bridgehead atoms. The van der Waals surface area contributed by atoms with E-state index in [2.05, 4.69) is 17.1 Å². The van der Waals surface area contributed by atoms with Crippen molar-refractivity contribution in [1.29, 1.82) is 0 Å². The molecule has 2 aromatic heterocycles. The number of nitrogens with zero attached hydrogens (tertiary/aromatic N) is 1. The number of carboxylic acid groups (broad SMARTS) is 1. The summed E-state index contributed by atoms with van der Waals surface area (Å²) >= 11 is 3.10. The van der Waals surface area contributed by atoms with Crippen LogP contribution >= 0.6 is 23.1 Å². The molecule has 1 aromatic carbocycles. The van der Waals surface area contributed by atoms with E-state index >= 15 is 0 Å². The number of thioether (sulfide) groups is 1. The highest BCUT2D eigenvalue weighted by molar-refractivity contribution is 8.00. The quantitative estimate of drug-likeness (QED) is 0.544. The van der Waals surface area contributed by atoms with Gasteiger partial charge in [0.15, 0.2) is 0 Å². The van der Waals surface area contributed by atoms with Crippen molar-refractivity contribution in [3.63, 3.8) is 0 Å². The van der Waals surface area contributed by atoms with Gasteiger partial charge in [0.1, 0.15) is 5.76 Å². The zero-order chi connectivity index (χ0) is 18.4. The third-order valence-corrected chi connectivity index (χ3v) is 5.59. The molecule has 1 N–H and O–H groups in total. The number of aromatic nitrogens is 1. The van der Waals surface area contributed by atoms with Crippen LogP contribution in [0, 0.1) is 6.92 Å². The molecule has 2 heterocycles. The van der Waals surface area contributed by atoms with Crippen LogP contribution in [-0.2, 0) is 11.2 Å². The Balaban J connectivity index is 1.62. The van der Waals surface area contributed by atoms with Gasteiger partial charge in [0, 0.05) is 27.5 Å². The molecule has 0 saturated carbocycles. The molecule has 0 saturated heterocycles. The summed E-state index contributed by atoms with van der Waals surface area (Å²) < 4.78 is 5.82. The number of oxazole rings is 1. The summed E-state index contributed by atoms with van der Waals surface area (Å²) in [5, 5.41) is 8.61. The lowest BCUT2D eigenvalue weighted by Crippen LogP contribution is -1.97. The molecule has 0 radical (unpaired) electrons. The number of carbonyl (C=O) groups is 1. The summed E-state index contributed by atoms with van der Waals surface area (Å²) in [6.45, 7) is 1.95. The highest BCUT2D eigenvalue weighted by Gasteiger charge is 2.12. The highest BCUT2D eigenvalue weighted by atomic mass is 32.2. The molecule has 0 spiro atoms. The topological polar surface area (TPSA) is 63.3 Å². The molecule has 0 aliphatic rings. The molecule has 3 aromatic rings. The van der Waals surface area contributed by atoms with Crippen LogP contribution in [0.3, 0.4) is 0 Å². The van der Waals surface area contributed by atoms with Gasteiger partial charge < -0.3 is 9.52 Å². The van der Waals surface area contributed by atoms with Gasteiger partial charge >= 0.3 is 5.97 Å². The van der Waals surface area contributed by atoms with Crippen LogP contribution < -0.4 is 0 Å². The minimum Gasteiger partial charge on any atom is -0.481 e. The van der Waals surface area contributed by atoms with Gasteiger partial charge in [0.05, 0.1) is 11.4 Å². The first-order chi connectivity index (χ1) is 12.6. The number of rotatable bonds is 8. The van der Waals surface area contributed by atoms with E-state index in [-0.39, 0.29) is 5.75 Å². The van der Waals surface area contributed by atoms with Crippen LogP contribution in [0.15, 0.2) is 53.0 Å². The Labute approximate surface area is 160 Å². The highest BCUT2D eigenvalue weighted by Crippen LogP contribution is 2.26. The maximum Gasteiger partial charge on any atom is 0.313 e. The molecule has 0 aliphatic heterocycles. The summed E-state index contributed by atoms with van der Waals surface area (Å²) in [5.41, 5.74) is 1.94. The molecule has 0 atom stereocenters. The van der Waals surface area contributed by atoms with Gasteiger partial charge in [-0.05, 0) is 37.3 Å². The summed E-state index contributed by atoms with van der Waals surface area (Å²) in [6.07, 6.45) is 4.78. The second-order valence-electron chi connectivity index (χ2n) is 5.68. The van der Waals surface area contributed by atoms with E-state index in [1.54, 1.807) is 11.3 Å². The first-order valence-electron chi connectivity index (χ1n) is 8.18. The molecule has 0 amide bonds. The van der Waals surface area contributed by atoms with Gasteiger partial charge in [-0.3, -0.25) is 4.79 Å². The number of thiophene rings is 1. The zero-order valence-corrected chi connectivity index (χ0v) is 16.0. The lowest BCUT2D eigenvalue weighted by Gasteiger charge is -1.93. The van der Waals surface area contributed by atoms with Gasteiger partial charge in [-0.25, -0.2) is 4.98 Å². The van der Waals surface area contributed by atoms with E-state index in [4.69, 9.17) is 9.52 Å². The average Bonchev–Trinajstić information content (AvgIpc) is 3.22. The first kappa shape index (κ1) is 18.5. The average molecular weight is 386 g/mol. The molecule has 26 heavy (non-hydrogen) atoms. The number of aliphatic carboxylic acids is 1. The van der Waals surface area contributed by atoms with E-state index in [0.717, 1.165) is 28.3 Å². The second kappa shape index (κ2) is 8.87. The van der Waals surface area contributed by atoms with Crippen molar-refractivity contribution in [3.8, 4) is 11.5 Å². The van der Waals surface area contributed by atoms with Crippen molar-refractivity contribution < 1.29 is 14.3 Å². The van der Waals surface area contributed by atoms with Crippen molar-refractivity contribution in [2.45, 2.75) is 13.3 Å². The minimum atomic E-state index is -0.778. The third kappa shape index (κ3) is 5.09. The molecule has 4 nitrogen and oxygen atoms in total. The van der Waals surface area contributed by atoms with Crippen LogP contribution in [0.1, 0.15) is 21.2 Å². The minimum absolute atomic E-state index is 0.134. The van der Waals surface area contributed by atoms with Gasteiger partial charge in [0.25, 0.3) is 0 Å². The van der Waals surface area contributed by atoms with Gasteiger partial charge in [-0.2, -0.15) is 0 Å². The number of aryl methyl sites for hydroxylation is 1. The van der Waals surface area contributed by atoms with Gasteiger partial charge in [0.2, 0.25) is 5.89 Å². The molecule has 0 aliphatic carbocycles. The van der Waals surface area contributed by atoms with Crippen molar-refractivity contribution >= 4 is 35.1 Å². The Hall–Kier alpha value is -2.31. The molecule has 6 heteroatoms. The van der Waals surface area contributed by atoms with Crippen molar-refractivity contribution in [2.75, 3.05) is 11.5 Å². The largest absolute Gasteiger partial charge is 0.481 e. The predicted molar refractivity (Wildman–Crippen MR) is 108 cm³/mol. The van der Waals surface area contributed by atoms with Crippen molar-refractivity contribution in [1.82, 2.24) is 4.98 Å². The Morgan fingerprint density at radius 1 is 1.27 bits per heavy atom. The lowest BCUT2D eigenvalue weighted by molar-refractivity contribution is -0.133. The van der Waals surface area contributed by atoms with Crippen LogP contribution in [0.5, 0.6) is 0 Å². The van der Waals surface area contributed by atoms with Gasteiger partial charge in [-0.1, -0.05) is 24.3 Å². The van der Waals surface area contributed by atoms with E-state index in [1.807, 2.05) is 49.4 Å². The molecule has 0 fully saturated rings. The van der Waals surface area contributed by atoms with E-state index in [0.29, 0.717) is 11.6 Å². The molecular weight excluding hydrogens is 366 g/mol. The Morgan fingerprint density at radius 3 is 2.85 bits per heavy atom. The monoisotopic (exact) mass is 385 g/mol. The Kier molecular flexibility index (Phi) is 6.30. The normalized spacial score (nSPS) is 11.3. The summed E-state index contributed by atoms with van der Waals surface area (Å²) in [5.74, 6) is 1.56. The maximum absolute atomic E-state index is 10.5. The Morgan fingerprint density at radius 2 is 2.08 bits per heavy atom. The summed E-state index contributed by atoms with van der Waals surface area (Å²) in [4.78, 5) is 17.5. The van der Waals surface area contributed by atoms with E-state index in [9.17, 15) is 4.79 Å². The SMILES string of the molecule is Cc1oc(-c2ccccc2)nc1Cc1ccc(C=CCSCC(=O)O)s1. The van der Waals surface area contributed by atoms with E-state index in [1.165, 1.54) is 16.6 Å². The third-order valence-electron chi connectivity index (χ3n) is 3.66. The second-order valence-corrected chi connectivity index (χ2v) is 7.91. The number of hydrogen-bond acceptors (Lipinski definition) is 5. The van der Waals surface area contributed by atoms with Crippen LogP contribution in [0.25, 0.3) is 17.5 Å². The maximum atomic E-state index is 10.5. The lowest BCUT2D eigenvalue weighted by atomic mass is 10.2. The van der Waals surface area contributed by atoms with Gasteiger partial charge in [-0.15, -0.1) is 23.1 Å². The van der Waals surface area contributed by atoms with Crippen molar-refractivity contribution in [2.24, 2.45) is 0 Å². The molecule has 134 valence electrons. The summed E-state index contributed by atoms with van der Waals surface area (Å²) in [6, 6.07) is 14.1. The fourth-order valence-electron chi connectivity index (χ4n) is 2.42. The number of hydrogen-bond donors (Lipinski definition) is 1.